The zero-order chi connectivity index (χ0) is 17.1. The van der Waals surface area contributed by atoms with Gasteiger partial charge in [-0.2, -0.15) is 0 Å². The molecule has 0 aliphatic carbocycles. The lowest BCUT2D eigenvalue weighted by molar-refractivity contribution is -0.127. The van der Waals surface area contributed by atoms with Gasteiger partial charge in [0.25, 0.3) is 5.91 Å². The van der Waals surface area contributed by atoms with E-state index in [0.29, 0.717) is 37.0 Å². The Bertz CT molecular complexity index is 843. The highest BCUT2D eigenvalue weighted by molar-refractivity contribution is 5.96. The number of aryl methyl sites for hydroxylation is 1. The van der Waals surface area contributed by atoms with Crippen LogP contribution in [-0.4, -0.2) is 46.3 Å². The van der Waals surface area contributed by atoms with E-state index in [0.717, 1.165) is 18.7 Å². The van der Waals surface area contributed by atoms with Crippen LogP contribution in [0.25, 0.3) is 11.0 Å². The molecule has 0 spiro atoms. The fourth-order valence-electron chi connectivity index (χ4n) is 2.88. The summed E-state index contributed by atoms with van der Waals surface area (Å²) >= 11 is 0. The number of H-pyrrole nitrogens is 1. The number of aromatic nitrogens is 2. The maximum atomic E-state index is 12.4. The van der Waals surface area contributed by atoms with Gasteiger partial charge < -0.3 is 15.2 Å². The van der Waals surface area contributed by atoms with E-state index in [2.05, 4.69) is 15.3 Å². The van der Waals surface area contributed by atoms with Crippen LogP contribution in [0.4, 0.5) is 0 Å². The molecule has 0 atom stereocenters. The first-order valence-electron chi connectivity index (χ1n) is 8.11. The second-order valence-electron chi connectivity index (χ2n) is 5.97. The first-order valence-corrected chi connectivity index (χ1v) is 8.11. The van der Waals surface area contributed by atoms with Crippen molar-refractivity contribution in [3.8, 4) is 0 Å². The van der Waals surface area contributed by atoms with Crippen molar-refractivity contribution in [3.05, 3.63) is 39.8 Å². The molecular formula is C17H20N4O3. The Hall–Kier alpha value is -2.70. The van der Waals surface area contributed by atoms with Gasteiger partial charge in [0.2, 0.25) is 11.3 Å². The van der Waals surface area contributed by atoms with Crippen LogP contribution in [0.1, 0.15) is 35.3 Å². The summed E-state index contributed by atoms with van der Waals surface area (Å²) < 4.78 is 0. The molecule has 24 heavy (non-hydrogen) atoms. The highest BCUT2D eigenvalue weighted by atomic mass is 16.2. The molecule has 0 radical (unpaired) electrons. The van der Waals surface area contributed by atoms with Gasteiger partial charge in [-0.25, -0.2) is 4.98 Å². The predicted octanol–water partition coefficient (Wildman–Crippen LogP) is 0.974. The standard InChI is InChI=1S/C17H20N4O3/c1-11-5-6-12-15(23)13(10-19-16(12)20-11)17(24)18-7-3-9-21-8-2-4-14(21)22/h5-6,10H,2-4,7-9H2,1H3,(H,18,24)(H,19,20,23). The third-order valence-electron chi connectivity index (χ3n) is 4.18. The minimum absolute atomic E-state index is 0.0744. The minimum Gasteiger partial charge on any atom is -0.352 e. The van der Waals surface area contributed by atoms with Crippen molar-refractivity contribution in [1.29, 1.82) is 0 Å². The zero-order valence-electron chi connectivity index (χ0n) is 13.6. The fourth-order valence-corrected chi connectivity index (χ4v) is 2.88. The largest absolute Gasteiger partial charge is 0.352 e. The summed E-state index contributed by atoms with van der Waals surface area (Å²) in [4.78, 5) is 45.0. The van der Waals surface area contributed by atoms with Crippen molar-refractivity contribution in [2.75, 3.05) is 19.6 Å². The molecule has 2 aromatic rings. The molecule has 2 N–H and O–H groups in total. The van der Waals surface area contributed by atoms with Crippen LogP contribution in [0.15, 0.2) is 23.1 Å². The van der Waals surface area contributed by atoms with Crippen LogP contribution in [-0.2, 0) is 4.79 Å². The molecule has 0 saturated carbocycles. The molecule has 2 amide bonds. The molecule has 0 bridgehead atoms. The monoisotopic (exact) mass is 328 g/mol. The van der Waals surface area contributed by atoms with E-state index in [1.54, 1.807) is 12.1 Å². The maximum Gasteiger partial charge on any atom is 0.256 e. The van der Waals surface area contributed by atoms with E-state index in [1.807, 2.05) is 11.8 Å². The van der Waals surface area contributed by atoms with Crippen molar-refractivity contribution in [3.63, 3.8) is 0 Å². The van der Waals surface area contributed by atoms with Gasteiger partial charge in [0.15, 0.2) is 0 Å². The number of aromatic amines is 1. The predicted molar refractivity (Wildman–Crippen MR) is 89.9 cm³/mol. The van der Waals surface area contributed by atoms with Crippen LogP contribution in [0.2, 0.25) is 0 Å². The molecule has 3 rings (SSSR count). The third-order valence-corrected chi connectivity index (χ3v) is 4.18. The summed E-state index contributed by atoms with van der Waals surface area (Å²) in [6.45, 7) is 3.69. The Kier molecular flexibility index (Phi) is 4.59. The van der Waals surface area contributed by atoms with Crippen LogP contribution in [0, 0.1) is 6.92 Å². The Morgan fingerprint density at radius 2 is 2.21 bits per heavy atom. The van der Waals surface area contributed by atoms with E-state index < -0.39 is 5.91 Å². The first kappa shape index (κ1) is 16.2. The molecule has 1 saturated heterocycles. The molecular weight excluding hydrogens is 308 g/mol. The summed E-state index contributed by atoms with van der Waals surface area (Å²) in [5, 5.41) is 3.14. The van der Waals surface area contributed by atoms with Gasteiger partial charge in [0.1, 0.15) is 11.2 Å². The number of carbonyl (C=O) groups excluding carboxylic acids is 2. The van der Waals surface area contributed by atoms with Gasteiger partial charge in [-0.1, -0.05) is 0 Å². The van der Waals surface area contributed by atoms with E-state index in [4.69, 9.17) is 0 Å². The number of likely N-dealkylation sites (tertiary alicyclic amines) is 1. The number of nitrogens with zero attached hydrogens (tertiary/aromatic N) is 2. The molecule has 0 aromatic carbocycles. The van der Waals surface area contributed by atoms with E-state index in [1.165, 1.54) is 6.20 Å². The van der Waals surface area contributed by atoms with Crippen molar-refractivity contribution in [2.24, 2.45) is 0 Å². The van der Waals surface area contributed by atoms with Crippen molar-refractivity contribution in [2.45, 2.75) is 26.2 Å². The van der Waals surface area contributed by atoms with Gasteiger partial charge in [-0.3, -0.25) is 14.4 Å². The number of nitrogens with one attached hydrogen (secondary N) is 2. The molecule has 2 aromatic heterocycles. The van der Waals surface area contributed by atoms with Gasteiger partial charge in [0.05, 0.1) is 5.39 Å². The second kappa shape index (κ2) is 6.82. The Morgan fingerprint density at radius 1 is 1.38 bits per heavy atom. The summed E-state index contributed by atoms with van der Waals surface area (Å²) in [7, 11) is 0. The average Bonchev–Trinajstić information content (AvgIpc) is 2.96. The summed E-state index contributed by atoms with van der Waals surface area (Å²) in [6, 6.07) is 3.42. The average molecular weight is 328 g/mol. The Labute approximate surface area is 139 Å². The minimum atomic E-state index is -0.411. The number of pyridine rings is 2. The van der Waals surface area contributed by atoms with Gasteiger partial charge in [-0.15, -0.1) is 0 Å². The van der Waals surface area contributed by atoms with Gasteiger partial charge in [0, 0.05) is 37.9 Å². The number of rotatable bonds is 5. The quantitative estimate of drug-likeness (QED) is 0.800. The molecule has 0 unspecified atom stereocenters. The summed E-state index contributed by atoms with van der Waals surface area (Å²) in [6.07, 6.45) is 3.59. The number of hydrogen-bond donors (Lipinski definition) is 2. The first-order chi connectivity index (χ1) is 11.6. The maximum absolute atomic E-state index is 12.4. The number of amides is 2. The van der Waals surface area contributed by atoms with E-state index >= 15 is 0 Å². The van der Waals surface area contributed by atoms with E-state index in [-0.39, 0.29) is 16.9 Å². The lowest BCUT2D eigenvalue weighted by atomic mass is 10.2. The molecule has 3 heterocycles. The molecule has 1 aliphatic rings. The normalized spacial score (nSPS) is 14.4. The van der Waals surface area contributed by atoms with Crippen LogP contribution < -0.4 is 10.7 Å². The topological polar surface area (TPSA) is 95.2 Å². The molecule has 7 heteroatoms. The van der Waals surface area contributed by atoms with Gasteiger partial charge >= 0.3 is 0 Å². The summed E-state index contributed by atoms with van der Waals surface area (Å²) in [5.41, 5.74) is 1.02. The van der Waals surface area contributed by atoms with Crippen LogP contribution in [0.5, 0.6) is 0 Å². The van der Waals surface area contributed by atoms with Crippen LogP contribution in [0.3, 0.4) is 0 Å². The van der Waals surface area contributed by atoms with E-state index in [9.17, 15) is 14.4 Å². The smallest absolute Gasteiger partial charge is 0.256 e. The van der Waals surface area contributed by atoms with Crippen molar-refractivity contribution in [1.82, 2.24) is 20.2 Å². The highest BCUT2D eigenvalue weighted by Crippen LogP contribution is 2.09. The highest BCUT2D eigenvalue weighted by Gasteiger charge is 2.19. The SMILES string of the molecule is Cc1ccc2c(=O)c(C(=O)NCCCN3CCCC3=O)c[nH]c2n1. The Morgan fingerprint density at radius 3 is 2.96 bits per heavy atom. The lowest BCUT2D eigenvalue weighted by Gasteiger charge is -2.15. The van der Waals surface area contributed by atoms with Crippen LogP contribution >= 0.6 is 0 Å². The summed E-state index contributed by atoms with van der Waals surface area (Å²) in [5.74, 6) is -0.235. The zero-order valence-corrected chi connectivity index (χ0v) is 13.6. The third kappa shape index (κ3) is 3.29. The Balaban J connectivity index is 1.61. The molecule has 1 fully saturated rings. The molecule has 7 nitrogen and oxygen atoms in total. The van der Waals surface area contributed by atoms with Crippen molar-refractivity contribution < 1.29 is 9.59 Å². The number of hydrogen-bond acceptors (Lipinski definition) is 4. The van der Waals surface area contributed by atoms with Crippen molar-refractivity contribution >= 4 is 22.8 Å². The molecule has 126 valence electrons. The second-order valence-corrected chi connectivity index (χ2v) is 5.97. The lowest BCUT2D eigenvalue weighted by Crippen LogP contribution is -2.32. The van der Waals surface area contributed by atoms with Gasteiger partial charge in [-0.05, 0) is 31.9 Å². The number of fused-ring (bicyclic) bond motifs is 1. The molecule has 1 aliphatic heterocycles. The number of carbonyl (C=O) groups is 2. The fraction of sp³-hybridized carbons (Fsp3) is 0.412.